The number of hydrogen-bond donors (Lipinski definition) is 1. The van der Waals surface area contributed by atoms with E-state index in [9.17, 15) is 13.2 Å². The number of benzene rings is 1. The molecule has 122 valence electrons. The highest BCUT2D eigenvalue weighted by atomic mass is 35.5. The van der Waals surface area contributed by atoms with E-state index in [4.69, 9.17) is 16.3 Å². The summed E-state index contributed by atoms with van der Waals surface area (Å²) < 4.78 is 32.0. The van der Waals surface area contributed by atoms with E-state index in [0.29, 0.717) is 10.7 Å². The van der Waals surface area contributed by atoms with Crippen LogP contribution in [0.4, 0.5) is 10.5 Å². The minimum atomic E-state index is -3.57. The van der Waals surface area contributed by atoms with Gasteiger partial charge in [-0.15, -0.1) is 11.3 Å². The molecule has 1 atom stereocenters. The van der Waals surface area contributed by atoms with Gasteiger partial charge in [0, 0.05) is 17.3 Å². The Balaban J connectivity index is 1.64. The van der Waals surface area contributed by atoms with Crippen LogP contribution in [0.2, 0.25) is 5.02 Å². The Hall–Kier alpha value is -1.61. The molecular formula is C14H13ClN2O4S2. The van der Waals surface area contributed by atoms with E-state index in [1.807, 2.05) is 0 Å². The van der Waals surface area contributed by atoms with Gasteiger partial charge in [-0.1, -0.05) is 23.7 Å². The molecular weight excluding hydrogens is 360 g/mol. The van der Waals surface area contributed by atoms with Crippen LogP contribution in [0.15, 0.2) is 46.0 Å². The minimum absolute atomic E-state index is 0.0169. The summed E-state index contributed by atoms with van der Waals surface area (Å²) in [6.45, 7) is 0.273. The average molecular weight is 373 g/mol. The molecule has 1 amide bonds. The Labute approximate surface area is 142 Å². The van der Waals surface area contributed by atoms with Crippen LogP contribution in [0, 0.1) is 0 Å². The molecule has 1 aromatic carbocycles. The normalized spacial score (nSPS) is 18.2. The zero-order valence-corrected chi connectivity index (χ0v) is 14.2. The maximum Gasteiger partial charge on any atom is 0.414 e. The van der Waals surface area contributed by atoms with Crippen molar-refractivity contribution in [2.24, 2.45) is 0 Å². The SMILES string of the molecule is O=C1OC(CNS(=O)(=O)c2cccs2)CN1c1cccc(Cl)c1. The number of cyclic esters (lactones) is 1. The largest absolute Gasteiger partial charge is 0.443 e. The first-order chi connectivity index (χ1) is 11.0. The van der Waals surface area contributed by atoms with Crippen LogP contribution in [0.1, 0.15) is 0 Å². The van der Waals surface area contributed by atoms with Gasteiger partial charge in [0.15, 0.2) is 0 Å². The standard InChI is InChI=1S/C14H13ClN2O4S2/c15-10-3-1-4-11(7-10)17-9-12(21-14(17)18)8-16-23(19,20)13-5-2-6-22-13/h1-7,12,16H,8-9H2. The van der Waals surface area contributed by atoms with E-state index < -0.39 is 22.2 Å². The molecule has 2 heterocycles. The predicted molar refractivity (Wildman–Crippen MR) is 88.6 cm³/mol. The van der Waals surface area contributed by atoms with E-state index in [2.05, 4.69) is 4.72 Å². The summed E-state index contributed by atoms with van der Waals surface area (Å²) in [6, 6.07) is 10.0. The lowest BCUT2D eigenvalue weighted by molar-refractivity contribution is 0.143. The first kappa shape index (κ1) is 16.3. The van der Waals surface area contributed by atoms with E-state index in [0.717, 1.165) is 11.3 Å². The Kier molecular flexibility index (Phi) is 4.58. The molecule has 0 radical (unpaired) electrons. The molecule has 1 unspecified atom stereocenters. The molecule has 1 aliphatic rings. The molecule has 6 nitrogen and oxygen atoms in total. The molecule has 1 saturated heterocycles. The fourth-order valence-electron chi connectivity index (χ4n) is 2.17. The van der Waals surface area contributed by atoms with Crippen molar-refractivity contribution in [3.63, 3.8) is 0 Å². The Bertz CT molecular complexity index is 808. The van der Waals surface area contributed by atoms with Gasteiger partial charge in [-0.2, -0.15) is 0 Å². The molecule has 1 aromatic heterocycles. The van der Waals surface area contributed by atoms with Gasteiger partial charge in [0.25, 0.3) is 0 Å². The Morgan fingerprint density at radius 3 is 2.87 bits per heavy atom. The summed E-state index contributed by atoms with van der Waals surface area (Å²) in [5.41, 5.74) is 0.617. The highest BCUT2D eigenvalue weighted by molar-refractivity contribution is 7.91. The maximum atomic E-state index is 12.1. The fraction of sp³-hybridized carbons (Fsp3) is 0.214. The van der Waals surface area contributed by atoms with Crippen LogP contribution in [0.3, 0.4) is 0 Å². The smallest absolute Gasteiger partial charge is 0.414 e. The molecule has 9 heteroatoms. The highest BCUT2D eigenvalue weighted by Crippen LogP contribution is 2.24. The summed E-state index contributed by atoms with van der Waals surface area (Å²) in [7, 11) is -3.57. The molecule has 0 spiro atoms. The third-order valence-electron chi connectivity index (χ3n) is 3.25. The number of nitrogens with one attached hydrogen (secondary N) is 1. The van der Waals surface area contributed by atoms with E-state index >= 15 is 0 Å². The Morgan fingerprint density at radius 1 is 1.35 bits per heavy atom. The number of carbonyl (C=O) groups excluding carboxylic acids is 1. The fourth-order valence-corrected chi connectivity index (χ4v) is 4.46. The third kappa shape index (κ3) is 3.66. The van der Waals surface area contributed by atoms with Crippen molar-refractivity contribution in [2.75, 3.05) is 18.0 Å². The average Bonchev–Trinajstić information content (AvgIpc) is 3.15. The number of rotatable bonds is 5. The lowest BCUT2D eigenvalue weighted by atomic mass is 10.3. The van der Waals surface area contributed by atoms with Crippen LogP contribution >= 0.6 is 22.9 Å². The molecule has 3 rings (SSSR count). The van der Waals surface area contributed by atoms with Crippen LogP contribution in [0.5, 0.6) is 0 Å². The van der Waals surface area contributed by atoms with Gasteiger partial charge in [-0.05, 0) is 29.6 Å². The monoisotopic (exact) mass is 372 g/mol. The molecule has 23 heavy (non-hydrogen) atoms. The van der Waals surface area contributed by atoms with Crippen molar-refractivity contribution in [1.82, 2.24) is 4.72 Å². The number of halogens is 1. The van der Waals surface area contributed by atoms with Crippen LogP contribution < -0.4 is 9.62 Å². The molecule has 0 bridgehead atoms. The van der Waals surface area contributed by atoms with Crippen molar-refractivity contribution >= 4 is 44.7 Å². The van der Waals surface area contributed by atoms with Gasteiger partial charge in [-0.3, -0.25) is 4.90 Å². The number of amides is 1. The van der Waals surface area contributed by atoms with Crippen LogP contribution in [-0.2, 0) is 14.8 Å². The summed E-state index contributed by atoms with van der Waals surface area (Å²) in [5.74, 6) is 0. The van der Waals surface area contributed by atoms with Crippen molar-refractivity contribution < 1.29 is 17.9 Å². The van der Waals surface area contributed by atoms with Gasteiger partial charge in [-0.25, -0.2) is 17.9 Å². The topological polar surface area (TPSA) is 75.7 Å². The van der Waals surface area contributed by atoms with Gasteiger partial charge in [0.2, 0.25) is 10.0 Å². The number of carbonyl (C=O) groups is 1. The summed E-state index contributed by atoms with van der Waals surface area (Å²) >= 11 is 7.04. The van der Waals surface area contributed by atoms with Crippen LogP contribution in [-0.4, -0.2) is 33.7 Å². The minimum Gasteiger partial charge on any atom is -0.443 e. The van der Waals surface area contributed by atoms with Crippen LogP contribution in [0.25, 0.3) is 0 Å². The molecule has 1 N–H and O–H groups in total. The van der Waals surface area contributed by atoms with E-state index in [1.165, 1.54) is 11.0 Å². The summed E-state index contributed by atoms with van der Waals surface area (Å²) in [4.78, 5) is 13.4. The number of sulfonamides is 1. The molecule has 1 aliphatic heterocycles. The predicted octanol–water partition coefficient (Wildman–Crippen LogP) is 2.71. The number of thiophene rings is 1. The number of ether oxygens (including phenoxy) is 1. The number of anilines is 1. The highest BCUT2D eigenvalue weighted by Gasteiger charge is 2.33. The lowest BCUT2D eigenvalue weighted by Gasteiger charge is -2.13. The molecule has 0 aliphatic carbocycles. The van der Waals surface area contributed by atoms with Gasteiger partial charge in [0.1, 0.15) is 10.3 Å². The van der Waals surface area contributed by atoms with Crippen molar-refractivity contribution in [1.29, 1.82) is 0 Å². The molecule has 2 aromatic rings. The van der Waals surface area contributed by atoms with E-state index in [-0.39, 0.29) is 17.3 Å². The summed E-state index contributed by atoms with van der Waals surface area (Å²) in [6.07, 6.45) is -1.08. The van der Waals surface area contributed by atoms with Crippen molar-refractivity contribution in [3.8, 4) is 0 Å². The van der Waals surface area contributed by atoms with E-state index in [1.54, 1.807) is 35.7 Å². The second-order valence-corrected chi connectivity index (χ2v) is 8.26. The maximum absolute atomic E-state index is 12.1. The number of hydrogen-bond acceptors (Lipinski definition) is 5. The molecule has 1 fully saturated rings. The zero-order valence-electron chi connectivity index (χ0n) is 11.8. The van der Waals surface area contributed by atoms with Crippen molar-refractivity contribution in [3.05, 3.63) is 46.8 Å². The number of nitrogens with zero attached hydrogens (tertiary/aromatic N) is 1. The first-order valence-electron chi connectivity index (χ1n) is 6.72. The van der Waals surface area contributed by atoms with Gasteiger partial charge in [0.05, 0.1) is 6.54 Å². The second kappa shape index (κ2) is 6.48. The second-order valence-electron chi connectivity index (χ2n) is 4.88. The summed E-state index contributed by atoms with van der Waals surface area (Å²) in [5, 5.41) is 2.20. The van der Waals surface area contributed by atoms with Gasteiger partial charge < -0.3 is 4.74 Å². The van der Waals surface area contributed by atoms with Gasteiger partial charge >= 0.3 is 6.09 Å². The molecule has 0 saturated carbocycles. The van der Waals surface area contributed by atoms with Crippen molar-refractivity contribution in [2.45, 2.75) is 10.3 Å². The Morgan fingerprint density at radius 2 is 2.17 bits per heavy atom. The quantitative estimate of drug-likeness (QED) is 0.875. The third-order valence-corrected chi connectivity index (χ3v) is 6.31. The lowest BCUT2D eigenvalue weighted by Crippen LogP contribution is -2.34. The first-order valence-corrected chi connectivity index (χ1v) is 9.47. The zero-order chi connectivity index (χ0) is 16.4.